The Hall–Kier alpha value is -4.73. The summed E-state index contributed by atoms with van der Waals surface area (Å²) in [5.41, 5.74) is 6.22. The highest BCUT2D eigenvalue weighted by Gasteiger charge is 2.32. The Labute approximate surface area is 173 Å². The molecule has 0 aliphatic carbocycles. The molecular weight excluding hydrogens is 404 g/mol. The summed E-state index contributed by atoms with van der Waals surface area (Å²) >= 11 is 0. The Balaban J connectivity index is 1.46. The zero-order valence-corrected chi connectivity index (χ0v) is 15.6. The number of nitrogen functional groups attached to an aromatic ring is 1. The smallest absolute Gasteiger partial charge is 0.262 e. The van der Waals surface area contributed by atoms with Crippen molar-refractivity contribution < 1.29 is 23.9 Å². The van der Waals surface area contributed by atoms with Crippen molar-refractivity contribution in [3.8, 4) is 17.2 Å². The summed E-state index contributed by atoms with van der Waals surface area (Å²) in [7, 11) is 0. The number of hydrogen-bond acceptors (Lipinski definition) is 7. The number of carbonyl (C=O) groups is 4. The molecule has 0 spiro atoms. The highest BCUT2D eigenvalue weighted by molar-refractivity contribution is 6.23. The second kappa shape index (κ2) is 6.39. The summed E-state index contributed by atoms with van der Waals surface area (Å²) in [5.74, 6) is -1.67. The average Bonchev–Trinajstić information content (AvgIpc) is 3.17. The van der Waals surface area contributed by atoms with Crippen LogP contribution in [0.5, 0.6) is 11.5 Å². The van der Waals surface area contributed by atoms with Crippen molar-refractivity contribution in [2.45, 2.75) is 0 Å². The van der Waals surface area contributed by atoms with Crippen LogP contribution in [-0.2, 0) is 0 Å². The minimum absolute atomic E-state index is 0.0455. The van der Waals surface area contributed by atoms with Gasteiger partial charge < -0.3 is 10.5 Å². The van der Waals surface area contributed by atoms with E-state index >= 15 is 0 Å². The van der Waals surface area contributed by atoms with Crippen molar-refractivity contribution in [3.05, 3.63) is 81.1 Å². The Morgan fingerprint density at radius 2 is 1.29 bits per heavy atom. The van der Waals surface area contributed by atoms with Crippen molar-refractivity contribution in [1.29, 1.82) is 0 Å². The highest BCUT2D eigenvalue weighted by Crippen LogP contribution is 2.28. The molecule has 0 unspecified atom stereocenters. The van der Waals surface area contributed by atoms with E-state index in [4.69, 9.17) is 10.5 Å². The van der Waals surface area contributed by atoms with E-state index in [9.17, 15) is 24.0 Å². The second-order valence-corrected chi connectivity index (χ2v) is 6.86. The van der Waals surface area contributed by atoms with Crippen molar-refractivity contribution in [3.63, 3.8) is 0 Å². The molecule has 152 valence electrons. The third-order valence-corrected chi connectivity index (χ3v) is 4.99. The Morgan fingerprint density at radius 1 is 0.677 bits per heavy atom. The molecule has 0 radical (unpaired) electrons. The molecule has 2 aliphatic heterocycles. The summed E-state index contributed by atoms with van der Waals surface area (Å²) in [6, 6.07) is 11.8. The van der Waals surface area contributed by atoms with Crippen molar-refractivity contribution in [1.82, 2.24) is 15.2 Å². The van der Waals surface area contributed by atoms with Crippen LogP contribution in [-0.4, -0.2) is 28.2 Å². The number of ether oxygens (including phenoxy) is 1. The third-order valence-electron chi connectivity index (χ3n) is 4.99. The van der Waals surface area contributed by atoms with Gasteiger partial charge in [0.25, 0.3) is 29.2 Å². The Morgan fingerprint density at radius 3 is 2.03 bits per heavy atom. The maximum Gasteiger partial charge on any atom is 0.262 e. The van der Waals surface area contributed by atoms with E-state index in [1.54, 1.807) is 30.3 Å². The number of anilines is 1. The maximum atomic E-state index is 12.5. The Kier molecular flexibility index (Phi) is 3.77. The van der Waals surface area contributed by atoms with Gasteiger partial charge in [-0.05, 0) is 42.5 Å². The van der Waals surface area contributed by atoms with E-state index in [1.807, 2.05) is 0 Å². The number of carbonyl (C=O) groups excluding carboxylic acids is 4. The number of amides is 4. The van der Waals surface area contributed by atoms with E-state index < -0.39 is 29.2 Å². The first kappa shape index (κ1) is 18.3. The minimum atomic E-state index is -0.663. The predicted molar refractivity (Wildman–Crippen MR) is 107 cm³/mol. The minimum Gasteiger partial charge on any atom is -0.457 e. The molecule has 4 N–H and O–H groups in total. The Bertz CT molecular complexity index is 1400. The molecule has 2 aliphatic rings. The molecule has 0 fully saturated rings. The molecule has 5 rings (SSSR count). The number of benzene rings is 2. The summed E-state index contributed by atoms with van der Waals surface area (Å²) in [6.45, 7) is 0. The maximum absolute atomic E-state index is 12.5. The van der Waals surface area contributed by atoms with Gasteiger partial charge in [0, 0.05) is 6.07 Å². The monoisotopic (exact) mass is 416 g/mol. The lowest BCUT2D eigenvalue weighted by Gasteiger charge is -2.13. The topological polar surface area (TPSA) is 150 Å². The number of nitrogens with zero attached hydrogens (tertiary/aromatic N) is 1. The van der Waals surface area contributed by atoms with Gasteiger partial charge in [-0.15, -0.1) is 0 Å². The van der Waals surface area contributed by atoms with Crippen molar-refractivity contribution in [2.75, 3.05) is 5.73 Å². The quantitative estimate of drug-likeness (QED) is 0.539. The number of aromatic nitrogens is 1. The van der Waals surface area contributed by atoms with Gasteiger partial charge in [-0.25, -0.2) is 0 Å². The molecule has 31 heavy (non-hydrogen) atoms. The van der Waals surface area contributed by atoms with Gasteiger partial charge in [0.2, 0.25) is 0 Å². The third kappa shape index (κ3) is 2.77. The number of rotatable bonds is 3. The normalized spacial score (nSPS) is 14.2. The molecule has 1 aromatic heterocycles. The van der Waals surface area contributed by atoms with Gasteiger partial charge in [0.05, 0.1) is 27.9 Å². The van der Waals surface area contributed by atoms with Gasteiger partial charge in [0.15, 0.2) is 0 Å². The van der Waals surface area contributed by atoms with Crippen LogP contribution >= 0.6 is 0 Å². The van der Waals surface area contributed by atoms with Crippen LogP contribution in [0.4, 0.5) is 5.82 Å². The van der Waals surface area contributed by atoms with Crippen LogP contribution in [0, 0.1) is 0 Å². The zero-order valence-electron chi connectivity index (χ0n) is 15.6. The molecule has 4 amide bonds. The van der Waals surface area contributed by atoms with E-state index in [-0.39, 0.29) is 28.1 Å². The van der Waals surface area contributed by atoms with Crippen LogP contribution in [0.3, 0.4) is 0 Å². The lowest BCUT2D eigenvalue weighted by molar-refractivity contribution is 0.0863. The number of imide groups is 2. The summed E-state index contributed by atoms with van der Waals surface area (Å²) in [5, 5.41) is 4.32. The molecule has 3 aromatic rings. The molecular formula is C21H12N4O6. The van der Waals surface area contributed by atoms with Crippen molar-refractivity contribution in [2.24, 2.45) is 0 Å². The lowest BCUT2D eigenvalue weighted by atomic mass is 10.1. The predicted octanol–water partition coefficient (Wildman–Crippen LogP) is 0.979. The van der Waals surface area contributed by atoms with Crippen LogP contribution in [0.25, 0.3) is 5.69 Å². The molecule has 2 aromatic carbocycles. The molecule has 0 saturated heterocycles. The first-order valence-corrected chi connectivity index (χ1v) is 9.03. The van der Waals surface area contributed by atoms with Gasteiger partial charge in [0.1, 0.15) is 17.3 Å². The zero-order chi connectivity index (χ0) is 21.9. The second-order valence-electron chi connectivity index (χ2n) is 6.86. The molecule has 3 heterocycles. The first-order valence-electron chi connectivity index (χ1n) is 9.03. The van der Waals surface area contributed by atoms with Crippen LogP contribution in [0.1, 0.15) is 41.4 Å². The fourth-order valence-electron chi connectivity index (χ4n) is 3.56. The van der Waals surface area contributed by atoms with Gasteiger partial charge in [-0.2, -0.15) is 0 Å². The average molecular weight is 416 g/mol. The largest absolute Gasteiger partial charge is 0.457 e. The molecule has 0 atom stereocenters. The van der Waals surface area contributed by atoms with Crippen LogP contribution in [0.2, 0.25) is 0 Å². The van der Waals surface area contributed by atoms with Crippen LogP contribution in [0.15, 0.2) is 53.3 Å². The van der Waals surface area contributed by atoms with E-state index in [0.717, 1.165) is 10.6 Å². The summed E-state index contributed by atoms with van der Waals surface area (Å²) in [4.78, 5) is 59.6. The van der Waals surface area contributed by atoms with E-state index in [2.05, 4.69) is 10.6 Å². The van der Waals surface area contributed by atoms with Gasteiger partial charge in [-0.3, -0.25) is 39.2 Å². The molecule has 10 nitrogen and oxygen atoms in total. The number of pyridine rings is 1. The number of hydrogen-bond donors (Lipinski definition) is 3. The summed E-state index contributed by atoms with van der Waals surface area (Å²) < 4.78 is 6.84. The number of fused-ring (bicyclic) bond motifs is 2. The molecule has 0 bridgehead atoms. The molecule has 10 heteroatoms. The van der Waals surface area contributed by atoms with Crippen LogP contribution < -0.4 is 26.7 Å². The van der Waals surface area contributed by atoms with Gasteiger partial charge in [-0.1, -0.05) is 0 Å². The van der Waals surface area contributed by atoms with E-state index in [1.165, 1.54) is 12.1 Å². The first-order chi connectivity index (χ1) is 14.8. The highest BCUT2D eigenvalue weighted by atomic mass is 16.5. The summed E-state index contributed by atoms with van der Waals surface area (Å²) in [6.07, 6.45) is 0. The van der Waals surface area contributed by atoms with E-state index in [0.29, 0.717) is 17.2 Å². The molecule has 0 saturated carbocycles. The number of nitrogens with one attached hydrogen (secondary N) is 2. The van der Waals surface area contributed by atoms with Gasteiger partial charge >= 0.3 is 0 Å². The fourth-order valence-corrected chi connectivity index (χ4v) is 3.56. The SMILES string of the molecule is Nc1c2c(cc(=O)n1-c1ccc(Oc3ccc4c(c3)C(=O)NC4=O)cc1)C(=O)NC2=O. The van der Waals surface area contributed by atoms with Crippen molar-refractivity contribution >= 4 is 29.4 Å². The fraction of sp³-hybridized carbons (Fsp3) is 0. The standard InChI is InChI=1S/C21H12N4O6/c22-17-16-14(20(29)24-21(16)30)8-15(26)25(17)9-1-3-10(4-2-9)31-11-5-6-12-13(7-11)19(28)23-18(12)27/h1-8H,22H2,(H,23,27,28)(H,24,29,30). The number of nitrogens with two attached hydrogens (primary N) is 1. The lowest BCUT2D eigenvalue weighted by Crippen LogP contribution is -2.24.